The summed E-state index contributed by atoms with van der Waals surface area (Å²) in [7, 11) is 0. The van der Waals surface area contributed by atoms with Gasteiger partial charge in [0.05, 0.1) is 18.2 Å². The summed E-state index contributed by atoms with van der Waals surface area (Å²) in [4.78, 5) is 2.39. The summed E-state index contributed by atoms with van der Waals surface area (Å²) in [5.74, 6) is 1.20. The summed E-state index contributed by atoms with van der Waals surface area (Å²) in [6.07, 6.45) is 1.15. The van der Waals surface area contributed by atoms with Gasteiger partial charge in [-0.2, -0.15) is 5.26 Å². The van der Waals surface area contributed by atoms with E-state index in [2.05, 4.69) is 11.0 Å². The smallest absolute Gasteiger partial charge is 0.120 e. The minimum atomic E-state index is 0.257. The molecule has 2 saturated heterocycles. The predicted molar refractivity (Wildman–Crippen MR) is 70.9 cm³/mol. The second-order valence-corrected chi connectivity index (χ2v) is 5.50. The van der Waals surface area contributed by atoms with Crippen molar-refractivity contribution < 1.29 is 9.84 Å². The van der Waals surface area contributed by atoms with E-state index in [1.54, 1.807) is 18.2 Å². The largest absolute Gasteiger partial charge is 0.508 e. The van der Waals surface area contributed by atoms with Gasteiger partial charge in [0.2, 0.25) is 0 Å². The van der Waals surface area contributed by atoms with Crippen molar-refractivity contribution in [2.24, 2.45) is 5.92 Å². The van der Waals surface area contributed by atoms with Gasteiger partial charge in [-0.05, 0) is 24.5 Å². The molecule has 0 radical (unpaired) electrons. The van der Waals surface area contributed by atoms with Gasteiger partial charge in [-0.25, -0.2) is 0 Å². The third-order valence-corrected chi connectivity index (χ3v) is 4.11. The topological polar surface area (TPSA) is 56.5 Å². The quantitative estimate of drug-likeness (QED) is 0.896. The highest BCUT2D eigenvalue weighted by atomic mass is 16.5. The standard InChI is InChI=1S/C15H18N2O2/c16-6-12-2-1-3-14(18)15(12)13-8-17(9-13)7-11-4-5-19-10-11/h1-3,11,13,18H,4-5,7-10H2. The molecule has 1 atom stereocenters. The van der Waals surface area contributed by atoms with Crippen molar-refractivity contribution >= 4 is 0 Å². The third kappa shape index (κ3) is 2.44. The highest BCUT2D eigenvalue weighted by Gasteiger charge is 2.33. The fourth-order valence-electron chi connectivity index (χ4n) is 3.07. The van der Waals surface area contributed by atoms with Crippen LogP contribution < -0.4 is 0 Å². The van der Waals surface area contributed by atoms with Crippen molar-refractivity contribution in [1.29, 1.82) is 5.26 Å². The molecule has 2 aliphatic rings. The van der Waals surface area contributed by atoms with Crippen LogP contribution in [0.2, 0.25) is 0 Å². The Morgan fingerprint density at radius 1 is 1.42 bits per heavy atom. The van der Waals surface area contributed by atoms with E-state index in [9.17, 15) is 5.11 Å². The van der Waals surface area contributed by atoms with Gasteiger partial charge in [0.1, 0.15) is 5.75 Å². The molecule has 0 spiro atoms. The lowest BCUT2D eigenvalue weighted by Gasteiger charge is -2.41. The average molecular weight is 258 g/mol. The number of nitrogens with zero attached hydrogens (tertiary/aromatic N) is 2. The molecule has 2 aliphatic heterocycles. The van der Waals surface area contributed by atoms with Gasteiger partial charge >= 0.3 is 0 Å². The molecule has 0 amide bonds. The first-order valence-corrected chi connectivity index (χ1v) is 6.80. The van der Waals surface area contributed by atoms with Gasteiger partial charge in [-0.15, -0.1) is 0 Å². The number of hydrogen-bond acceptors (Lipinski definition) is 4. The van der Waals surface area contributed by atoms with Gasteiger partial charge in [0.15, 0.2) is 0 Å². The number of likely N-dealkylation sites (tertiary alicyclic amines) is 1. The minimum Gasteiger partial charge on any atom is -0.508 e. The molecule has 3 rings (SSSR count). The molecule has 1 N–H and O–H groups in total. The fraction of sp³-hybridized carbons (Fsp3) is 0.533. The van der Waals surface area contributed by atoms with Crippen LogP contribution in [0.15, 0.2) is 18.2 Å². The summed E-state index contributed by atoms with van der Waals surface area (Å²) in [6.45, 7) is 4.71. The highest BCUT2D eigenvalue weighted by Crippen LogP contribution is 2.35. The van der Waals surface area contributed by atoms with Crippen LogP contribution in [0.1, 0.15) is 23.5 Å². The number of aromatic hydroxyl groups is 1. The Hall–Kier alpha value is -1.57. The molecule has 2 heterocycles. The number of ether oxygens (including phenoxy) is 1. The number of phenolic OH excluding ortho intramolecular Hbond substituents is 1. The Kier molecular flexibility index (Phi) is 3.41. The van der Waals surface area contributed by atoms with E-state index in [-0.39, 0.29) is 11.7 Å². The molecule has 0 saturated carbocycles. The Labute approximate surface area is 113 Å². The molecule has 19 heavy (non-hydrogen) atoms. The zero-order chi connectivity index (χ0) is 13.2. The zero-order valence-corrected chi connectivity index (χ0v) is 10.9. The first-order valence-electron chi connectivity index (χ1n) is 6.80. The van der Waals surface area contributed by atoms with Crippen LogP contribution in [0.4, 0.5) is 0 Å². The third-order valence-electron chi connectivity index (χ3n) is 4.11. The lowest BCUT2D eigenvalue weighted by atomic mass is 9.87. The van der Waals surface area contributed by atoms with Gasteiger partial charge in [0, 0.05) is 37.7 Å². The normalized spacial score (nSPS) is 24.1. The monoisotopic (exact) mass is 258 g/mol. The van der Waals surface area contributed by atoms with E-state index >= 15 is 0 Å². The number of rotatable bonds is 3. The number of phenols is 1. The second kappa shape index (κ2) is 5.20. The van der Waals surface area contributed by atoms with Crippen LogP contribution in [0, 0.1) is 17.2 Å². The minimum absolute atomic E-state index is 0.257. The van der Waals surface area contributed by atoms with Crippen molar-refractivity contribution in [1.82, 2.24) is 4.90 Å². The maximum absolute atomic E-state index is 9.94. The Morgan fingerprint density at radius 3 is 2.95 bits per heavy atom. The van der Waals surface area contributed by atoms with Gasteiger partial charge in [-0.3, -0.25) is 0 Å². The van der Waals surface area contributed by atoms with Crippen molar-refractivity contribution in [3.05, 3.63) is 29.3 Å². The molecule has 0 bridgehead atoms. The molecular formula is C15H18N2O2. The van der Waals surface area contributed by atoms with E-state index in [1.165, 1.54) is 0 Å². The number of hydrogen-bond donors (Lipinski definition) is 1. The Balaban J connectivity index is 1.62. The van der Waals surface area contributed by atoms with Gasteiger partial charge in [0.25, 0.3) is 0 Å². The maximum atomic E-state index is 9.94. The van der Waals surface area contributed by atoms with Crippen LogP contribution in [0.25, 0.3) is 0 Å². The highest BCUT2D eigenvalue weighted by molar-refractivity contribution is 5.49. The molecule has 0 aliphatic carbocycles. The summed E-state index contributed by atoms with van der Waals surface area (Å²) in [5.41, 5.74) is 1.43. The molecule has 1 aromatic rings. The summed E-state index contributed by atoms with van der Waals surface area (Å²) < 4.78 is 5.38. The molecule has 4 nitrogen and oxygen atoms in total. The predicted octanol–water partition coefficient (Wildman–Crippen LogP) is 1.70. The van der Waals surface area contributed by atoms with Crippen LogP contribution in [-0.2, 0) is 4.74 Å². The van der Waals surface area contributed by atoms with Crippen molar-refractivity contribution in [3.8, 4) is 11.8 Å². The molecule has 100 valence electrons. The van der Waals surface area contributed by atoms with E-state index in [0.717, 1.165) is 44.8 Å². The maximum Gasteiger partial charge on any atom is 0.120 e. The van der Waals surface area contributed by atoms with E-state index in [1.807, 2.05) is 0 Å². The van der Waals surface area contributed by atoms with Crippen LogP contribution in [0.3, 0.4) is 0 Å². The zero-order valence-electron chi connectivity index (χ0n) is 10.9. The van der Waals surface area contributed by atoms with E-state index in [0.29, 0.717) is 11.5 Å². The molecule has 0 aromatic heterocycles. The number of nitriles is 1. The molecule has 2 fully saturated rings. The lowest BCUT2D eigenvalue weighted by molar-refractivity contribution is 0.111. The fourth-order valence-corrected chi connectivity index (χ4v) is 3.07. The number of benzene rings is 1. The van der Waals surface area contributed by atoms with Crippen LogP contribution in [0.5, 0.6) is 5.75 Å². The summed E-state index contributed by atoms with van der Waals surface area (Å²) >= 11 is 0. The van der Waals surface area contributed by atoms with Crippen LogP contribution in [-0.4, -0.2) is 42.9 Å². The first kappa shape index (κ1) is 12.5. The Morgan fingerprint density at radius 2 is 2.26 bits per heavy atom. The van der Waals surface area contributed by atoms with E-state index < -0.39 is 0 Å². The molecule has 4 heteroatoms. The Bertz CT molecular complexity index is 497. The van der Waals surface area contributed by atoms with Gasteiger partial charge in [-0.1, -0.05) is 6.07 Å². The van der Waals surface area contributed by atoms with Crippen LogP contribution >= 0.6 is 0 Å². The van der Waals surface area contributed by atoms with Crippen molar-refractivity contribution in [3.63, 3.8) is 0 Å². The van der Waals surface area contributed by atoms with Crippen molar-refractivity contribution in [2.75, 3.05) is 32.8 Å². The first-order chi connectivity index (χ1) is 9.28. The van der Waals surface area contributed by atoms with E-state index in [4.69, 9.17) is 10.00 Å². The molecule has 1 aromatic carbocycles. The van der Waals surface area contributed by atoms with Crippen molar-refractivity contribution in [2.45, 2.75) is 12.3 Å². The van der Waals surface area contributed by atoms with Gasteiger partial charge < -0.3 is 14.7 Å². The molecular weight excluding hydrogens is 240 g/mol. The summed E-state index contributed by atoms with van der Waals surface area (Å²) in [6, 6.07) is 7.35. The molecule has 1 unspecified atom stereocenters. The SMILES string of the molecule is N#Cc1cccc(O)c1C1CN(CC2CCOC2)C1. The second-order valence-electron chi connectivity index (χ2n) is 5.50. The summed E-state index contributed by atoms with van der Waals surface area (Å²) in [5, 5.41) is 19.1. The average Bonchev–Trinajstić information content (AvgIpc) is 2.86. The lowest BCUT2D eigenvalue weighted by Crippen LogP contribution is -2.47.